The summed E-state index contributed by atoms with van der Waals surface area (Å²) in [7, 11) is -2.75. The number of nitrogens with one attached hydrogen (secondary N) is 1. The van der Waals surface area contributed by atoms with Crippen LogP contribution in [0.4, 0.5) is 0 Å². The quantitative estimate of drug-likeness (QED) is 0.858. The van der Waals surface area contributed by atoms with Crippen molar-refractivity contribution in [2.45, 2.75) is 70.1 Å². The molecule has 4 nitrogen and oxygen atoms in total. The molecule has 1 atom stereocenters. The van der Waals surface area contributed by atoms with Crippen molar-refractivity contribution in [1.29, 1.82) is 0 Å². The molecule has 0 saturated carbocycles. The van der Waals surface area contributed by atoms with Crippen molar-refractivity contribution in [2.75, 3.05) is 18.1 Å². The van der Waals surface area contributed by atoms with Crippen LogP contribution in [0.15, 0.2) is 0 Å². The van der Waals surface area contributed by atoms with E-state index in [-0.39, 0.29) is 5.60 Å². The maximum absolute atomic E-state index is 11.4. The average molecular weight is 289 g/mol. The molecule has 0 bridgehead atoms. The van der Waals surface area contributed by atoms with Crippen LogP contribution in [-0.2, 0) is 14.6 Å². The zero-order valence-corrected chi connectivity index (χ0v) is 13.0. The Hall–Kier alpha value is -0.130. The molecule has 112 valence electrons. The van der Waals surface area contributed by atoms with E-state index in [0.717, 1.165) is 45.1 Å². The van der Waals surface area contributed by atoms with E-state index in [2.05, 4.69) is 19.2 Å². The Morgan fingerprint density at radius 3 is 2.32 bits per heavy atom. The van der Waals surface area contributed by atoms with Crippen molar-refractivity contribution in [3.8, 4) is 0 Å². The second-order valence-corrected chi connectivity index (χ2v) is 8.32. The molecule has 0 aromatic rings. The van der Waals surface area contributed by atoms with Gasteiger partial charge in [0.25, 0.3) is 0 Å². The summed E-state index contributed by atoms with van der Waals surface area (Å²) in [6.45, 7) is 5.21. The summed E-state index contributed by atoms with van der Waals surface area (Å²) >= 11 is 0. The van der Waals surface area contributed by atoms with Gasteiger partial charge in [-0.15, -0.1) is 0 Å². The Kier molecular flexibility index (Phi) is 4.90. The van der Waals surface area contributed by atoms with Crippen molar-refractivity contribution in [3.05, 3.63) is 0 Å². The van der Waals surface area contributed by atoms with Gasteiger partial charge in [-0.25, -0.2) is 8.42 Å². The van der Waals surface area contributed by atoms with Gasteiger partial charge in [0.1, 0.15) is 9.84 Å². The molecule has 2 aliphatic rings. The van der Waals surface area contributed by atoms with E-state index in [4.69, 9.17) is 4.74 Å². The van der Waals surface area contributed by atoms with Crippen LogP contribution in [0.5, 0.6) is 0 Å². The Balaban J connectivity index is 1.86. The average Bonchev–Trinajstić information content (AvgIpc) is 2.41. The Labute approximate surface area is 117 Å². The molecule has 0 aliphatic carbocycles. The van der Waals surface area contributed by atoms with E-state index in [0.29, 0.717) is 23.6 Å². The lowest BCUT2D eigenvalue weighted by molar-refractivity contribution is -0.0941. The first kappa shape index (κ1) is 15.3. The van der Waals surface area contributed by atoms with Crippen LogP contribution < -0.4 is 5.32 Å². The summed E-state index contributed by atoms with van der Waals surface area (Å²) in [6, 6.07) is 0.859. The van der Waals surface area contributed by atoms with Gasteiger partial charge in [0.15, 0.2) is 0 Å². The van der Waals surface area contributed by atoms with Gasteiger partial charge in [-0.3, -0.25) is 0 Å². The van der Waals surface area contributed by atoms with E-state index in [9.17, 15) is 8.42 Å². The first-order valence-corrected chi connectivity index (χ1v) is 9.41. The van der Waals surface area contributed by atoms with Crippen LogP contribution in [0.1, 0.15) is 52.4 Å². The molecule has 1 unspecified atom stereocenters. The topological polar surface area (TPSA) is 55.4 Å². The maximum Gasteiger partial charge on any atom is 0.150 e. The van der Waals surface area contributed by atoms with E-state index >= 15 is 0 Å². The standard InChI is InChI=1S/C14H27NO3S/c1-3-14(4-2)11-13(5-8-18-14)15-12-6-9-19(16,17)10-7-12/h12-13,15H,3-11H2,1-2H3. The highest BCUT2D eigenvalue weighted by Gasteiger charge is 2.35. The van der Waals surface area contributed by atoms with Crippen LogP contribution in [0.25, 0.3) is 0 Å². The highest BCUT2D eigenvalue weighted by Crippen LogP contribution is 2.32. The highest BCUT2D eigenvalue weighted by atomic mass is 32.2. The zero-order chi connectivity index (χ0) is 13.9. The molecule has 0 aromatic heterocycles. The van der Waals surface area contributed by atoms with Gasteiger partial charge in [-0.1, -0.05) is 13.8 Å². The molecule has 1 N–H and O–H groups in total. The minimum atomic E-state index is -2.75. The first-order chi connectivity index (χ1) is 8.99. The smallest absolute Gasteiger partial charge is 0.150 e. The third kappa shape index (κ3) is 3.92. The zero-order valence-electron chi connectivity index (χ0n) is 12.2. The fourth-order valence-corrected chi connectivity index (χ4v) is 4.79. The van der Waals surface area contributed by atoms with Gasteiger partial charge in [0, 0.05) is 18.7 Å². The first-order valence-electron chi connectivity index (χ1n) is 7.59. The summed E-state index contributed by atoms with van der Waals surface area (Å²) < 4.78 is 28.9. The second-order valence-electron chi connectivity index (χ2n) is 6.02. The number of sulfone groups is 1. The lowest BCUT2D eigenvalue weighted by Crippen LogP contribution is -2.50. The summed E-state index contributed by atoms with van der Waals surface area (Å²) in [5, 5.41) is 3.67. The molecule has 0 radical (unpaired) electrons. The number of rotatable bonds is 4. The van der Waals surface area contributed by atoms with Gasteiger partial charge in [-0.05, 0) is 38.5 Å². The molecule has 0 spiro atoms. The second kappa shape index (κ2) is 6.10. The SMILES string of the molecule is CCC1(CC)CC(NC2CCS(=O)(=O)CC2)CCO1. The Morgan fingerprint density at radius 2 is 1.74 bits per heavy atom. The fourth-order valence-electron chi connectivity index (χ4n) is 3.30. The predicted octanol–water partition coefficient (Wildman–Crippen LogP) is 1.89. The lowest BCUT2D eigenvalue weighted by Gasteiger charge is -2.42. The van der Waals surface area contributed by atoms with Crippen molar-refractivity contribution >= 4 is 9.84 Å². The third-order valence-corrected chi connectivity index (χ3v) is 6.52. The molecule has 0 aromatic carbocycles. The molecule has 19 heavy (non-hydrogen) atoms. The van der Waals surface area contributed by atoms with Gasteiger partial charge < -0.3 is 10.1 Å². The van der Waals surface area contributed by atoms with Crippen LogP contribution in [0.2, 0.25) is 0 Å². The van der Waals surface area contributed by atoms with Crippen LogP contribution >= 0.6 is 0 Å². The van der Waals surface area contributed by atoms with Crippen molar-refractivity contribution in [1.82, 2.24) is 5.32 Å². The van der Waals surface area contributed by atoms with Gasteiger partial charge in [0.05, 0.1) is 17.1 Å². The lowest BCUT2D eigenvalue weighted by atomic mass is 9.85. The predicted molar refractivity (Wildman–Crippen MR) is 77.1 cm³/mol. The monoisotopic (exact) mass is 289 g/mol. The fraction of sp³-hybridized carbons (Fsp3) is 1.00. The van der Waals surface area contributed by atoms with Crippen LogP contribution in [0, 0.1) is 0 Å². The van der Waals surface area contributed by atoms with Crippen molar-refractivity contribution in [2.24, 2.45) is 0 Å². The number of hydrogen-bond acceptors (Lipinski definition) is 4. The molecular weight excluding hydrogens is 262 g/mol. The number of hydrogen-bond donors (Lipinski definition) is 1. The largest absolute Gasteiger partial charge is 0.375 e. The highest BCUT2D eigenvalue weighted by molar-refractivity contribution is 7.91. The van der Waals surface area contributed by atoms with E-state index in [1.807, 2.05) is 0 Å². The van der Waals surface area contributed by atoms with E-state index < -0.39 is 9.84 Å². The molecule has 5 heteroatoms. The maximum atomic E-state index is 11.4. The molecule has 0 amide bonds. The van der Waals surface area contributed by atoms with Gasteiger partial charge in [0.2, 0.25) is 0 Å². The van der Waals surface area contributed by atoms with Gasteiger partial charge >= 0.3 is 0 Å². The Bertz CT molecular complexity index is 375. The molecule has 2 saturated heterocycles. The third-order valence-electron chi connectivity index (χ3n) is 4.81. The minimum absolute atomic E-state index is 0.0384. The summed E-state index contributed by atoms with van der Waals surface area (Å²) in [4.78, 5) is 0. The summed E-state index contributed by atoms with van der Waals surface area (Å²) in [5.74, 6) is 0.696. The molecule has 2 rings (SSSR count). The molecule has 2 aliphatic heterocycles. The van der Waals surface area contributed by atoms with Gasteiger partial charge in [-0.2, -0.15) is 0 Å². The normalized spacial score (nSPS) is 31.2. The van der Waals surface area contributed by atoms with Crippen LogP contribution in [0.3, 0.4) is 0 Å². The van der Waals surface area contributed by atoms with Crippen molar-refractivity contribution in [3.63, 3.8) is 0 Å². The molecular formula is C14H27NO3S. The summed E-state index contributed by atoms with van der Waals surface area (Å²) in [6.07, 6.45) is 5.76. The van der Waals surface area contributed by atoms with Crippen molar-refractivity contribution < 1.29 is 13.2 Å². The molecule has 2 fully saturated rings. The number of ether oxygens (including phenoxy) is 1. The summed E-state index contributed by atoms with van der Waals surface area (Å²) in [5.41, 5.74) is 0.0384. The Morgan fingerprint density at radius 1 is 1.11 bits per heavy atom. The van der Waals surface area contributed by atoms with Crippen LogP contribution in [-0.4, -0.2) is 44.2 Å². The minimum Gasteiger partial charge on any atom is -0.375 e. The molecule has 2 heterocycles. The van der Waals surface area contributed by atoms with E-state index in [1.54, 1.807) is 0 Å². The van der Waals surface area contributed by atoms with E-state index in [1.165, 1.54) is 0 Å².